The minimum atomic E-state index is 0.903. The summed E-state index contributed by atoms with van der Waals surface area (Å²) in [6.07, 6.45) is 0. The smallest absolute Gasteiger partial charge is 0.161 e. The highest BCUT2D eigenvalue weighted by atomic mass is 16.3. The molecule has 0 saturated heterocycles. The van der Waals surface area contributed by atoms with Crippen LogP contribution in [0.4, 0.5) is 0 Å². The topological polar surface area (TPSA) is 26.4 Å². The van der Waals surface area contributed by atoms with Crippen LogP contribution in [0.2, 0.25) is 0 Å². The Morgan fingerprint density at radius 3 is 1.60 bits per heavy atom. The minimum absolute atomic E-state index is 0.903. The Balaban J connectivity index is 1.48. The quantitative estimate of drug-likeness (QED) is 0.187. The highest BCUT2D eigenvalue weighted by Gasteiger charge is 2.23. The lowest BCUT2D eigenvalue weighted by Gasteiger charge is -2.11. The number of fused-ring (bicyclic) bond motifs is 14. The van der Waals surface area contributed by atoms with Crippen molar-refractivity contribution in [3.8, 4) is 0 Å². The molecule has 0 aliphatic rings. The lowest BCUT2D eigenvalue weighted by Crippen LogP contribution is -1.96. The van der Waals surface area contributed by atoms with E-state index in [-0.39, 0.29) is 0 Å². The first-order chi connectivity index (χ1) is 19.9. The molecule has 0 unspecified atom stereocenters. The fourth-order valence-electron chi connectivity index (χ4n) is 7.67. The molecule has 0 fully saturated rings. The van der Waals surface area contributed by atoms with Crippen molar-refractivity contribution >= 4 is 93.1 Å². The van der Waals surface area contributed by atoms with E-state index < -0.39 is 0 Å². The molecule has 0 bridgehead atoms. The lowest BCUT2D eigenvalue weighted by molar-refractivity contribution is 0.660. The van der Waals surface area contributed by atoms with E-state index in [1.54, 1.807) is 0 Å². The second kappa shape index (κ2) is 6.38. The van der Waals surface area contributed by atoms with Gasteiger partial charge in [0.1, 0.15) is 0 Å². The Morgan fingerprint density at radius 2 is 0.850 bits per heavy atom. The van der Waals surface area contributed by atoms with E-state index in [4.69, 9.17) is 4.42 Å². The molecule has 5 aromatic heterocycles. The molecule has 6 aromatic carbocycles. The zero-order valence-electron chi connectivity index (χ0n) is 21.2. The monoisotopic (exact) mass is 509 g/mol. The summed E-state index contributed by atoms with van der Waals surface area (Å²) < 4.78 is 14.2. The highest BCUT2D eigenvalue weighted by molar-refractivity contribution is 6.26. The Kier molecular flexibility index (Phi) is 3.12. The highest BCUT2D eigenvalue weighted by Crippen LogP contribution is 2.44. The SMILES string of the molecule is c1ccc2c(c1)c1cccc3oc4c5c6cccc7c6n(c5ccc4n2c31)c1cccc2c3ccccc3n7c21. The maximum Gasteiger partial charge on any atom is 0.161 e. The number of benzene rings is 6. The van der Waals surface area contributed by atoms with Crippen molar-refractivity contribution in [2.45, 2.75) is 0 Å². The van der Waals surface area contributed by atoms with Gasteiger partial charge in [-0.3, -0.25) is 0 Å². The van der Waals surface area contributed by atoms with E-state index >= 15 is 0 Å². The van der Waals surface area contributed by atoms with Gasteiger partial charge in [-0.1, -0.05) is 72.8 Å². The maximum absolute atomic E-state index is 6.88. The van der Waals surface area contributed by atoms with Crippen LogP contribution in [-0.2, 0) is 0 Å². The summed E-state index contributed by atoms with van der Waals surface area (Å²) in [7, 11) is 0. The first-order valence-corrected chi connectivity index (χ1v) is 13.7. The Bertz CT molecular complexity index is 2870. The Labute approximate surface area is 225 Å². The summed E-state index contributed by atoms with van der Waals surface area (Å²) in [6.45, 7) is 0. The van der Waals surface area contributed by atoms with Crippen LogP contribution in [0.25, 0.3) is 93.1 Å². The zero-order chi connectivity index (χ0) is 25.7. The van der Waals surface area contributed by atoms with Crippen LogP contribution >= 0.6 is 0 Å². The van der Waals surface area contributed by atoms with Crippen LogP contribution in [0, 0.1) is 0 Å². The summed E-state index contributed by atoms with van der Waals surface area (Å²) in [5.41, 5.74) is 12.5. The van der Waals surface area contributed by atoms with Gasteiger partial charge in [0, 0.05) is 26.9 Å². The zero-order valence-corrected chi connectivity index (χ0v) is 21.2. The molecule has 0 N–H and O–H groups in total. The van der Waals surface area contributed by atoms with Crippen molar-refractivity contribution in [1.29, 1.82) is 0 Å². The lowest BCUT2D eigenvalue weighted by atomic mass is 10.1. The van der Waals surface area contributed by atoms with Crippen LogP contribution in [0.1, 0.15) is 0 Å². The first kappa shape index (κ1) is 19.6. The molecule has 0 spiro atoms. The van der Waals surface area contributed by atoms with Crippen molar-refractivity contribution in [2.75, 3.05) is 0 Å². The number of aromatic nitrogens is 3. The predicted molar refractivity (Wildman–Crippen MR) is 165 cm³/mol. The van der Waals surface area contributed by atoms with Crippen LogP contribution in [0.15, 0.2) is 120 Å². The molecule has 0 atom stereocenters. The van der Waals surface area contributed by atoms with E-state index in [0.29, 0.717) is 0 Å². The van der Waals surface area contributed by atoms with Gasteiger partial charge in [-0.15, -0.1) is 0 Å². The predicted octanol–water partition coefficient (Wildman–Crippen LogP) is 9.55. The Morgan fingerprint density at radius 1 is 0.350 bits per heavy atom. The van der Waals surface area contributed by atoms with Gasteiger partial charge in [-0.25, -0.2) is 0 Å². The van der Waals surface area contributed by atoms with E-state index in [2.05, 4.69) is 128 Å². The number of nitrogens with zero attached hydrogens (tertiary/aromatic N) is 3. The van der Waals surface area contributed by atoms with Gasteiger partial charge in [0.2, 0.25) is 0 Å². The molecule has 184 valence electrons. The van der Waals surface area contributed by atoms with Gasteiger partial charge in [0.15, 0.2) is 11.2 Å². The van der Waals surface area contributed by atoms with E-state index in [1.165, 1.54) is 60.0 Å². The van der Waals surface area contributed by atoms with E-state index in [0.717, 1.165) is 33.1 Å². The summed E-state index contributed by atoms with van der Waals surface area (Å²) in [6, 6.07) is 41.7. The average molecular weight is 510 g/mol. The minimum Gasteiger partial charge on any atom is -0.452 e. The molecule has 40 heavy (non-hydrogen) atoms. The van der Waals surface area contributed by atoms with Gasteiger partial charge in [-0.2, -0.15) is 0 Å². The molecule has 0 radical (unpaired) electrons. The second-order valence-corrected chi connectivity index (χ2v) is 10.9. The molecule has 0 aliphatic carbocycles. The Hall–Kier alpha value is -5.48. The number of hydrogen-bond donors (Lipinski definition) is 0. The number of rotatable bonds is 0. The molecule has 11 aromatic rings. The third-order valence-corrected chi connectivity index (χ3v) is 9.13. The van der Waals surface area contributed by atoms with Gasteiger partial charge >= 0.3 is 0 Å². The molecular formula is C36H19N3O. The molecule has 0 amide bonds. The third kappa shape index (κ3) is 1.99. The largest absolute Gasteiger partial charge is 0.452 e. The fourth-order valence-corrected chi connectivity index (χ4v) is 7.67. The van der Waals surface area contributed by atoms with Crippen LogP contribution < -0.4 is 0 Å². The maximum atomic E-state index is 6.88. The first-order valence-electron chi connectivity index (χ1n) is 13.7. The molecule has 5 heterocycles. The molecule has 11 rings (SSSR count). The molecular weight excluding hydrogens is 490 g/mol. The summed E-state index contributed by atoms with van der Waals surface area (Å²) >= 11 is 0. The molecule has 0 saturated carbocycles. The number of hydrogen-bond acceptors (Lipinski definition) is 1. The molecule has 0 aliphatic heterocycles. The summed E-state index contributed by atoms with van der Waals surface area (Å²) in [5, 5.41) is 7.39. The van der Waals surface area contributed by atoms with Crippen molar-refractivity contribution in [1.82, 2.24) is 13.2 Å². The van der Waals surface area contributed by atoms with Crippen LogP contribution in [0.5, 0.6) is 0 Å². The normalized spacial score (nSPS) is 13.0. The second-order valence-electron chi connectivity index (χ2n) is 10.9. The summed E-state index contributed by atoms with van der Waals surface area (Å²) in [5.74, 6) is 0. The third-order valence-electron chi connectivity index (χ3n) is 9.13. The van der Waals surface area contributed by atoms with Gasteiger partial charge < -0.3 is 17.6 Å². The fraction of sp³-hybridized carbons (Fsp3) is 0. The van der Waals surface area contributed by atoms with Crippen LogP contribution in [-0.4, -0.2) is 13.2 Å². The standard InChI is InChI=1S/C36H19N3O/c1-3-13-25-20(8-1)22-10-5-15-28-33(22)37(25)29-16-6-12-24-32-27(39(28)34(24)29)18-19-30-36(32)40-31-17-7-11-23-21-9-2-4-14-26(21)38(30)35(23)31/h1-19H. The van der Waals surface area contributed by atoms with E-state index in [1.807, 2.05) is 0 Å². The summed E-state index contributed by atoms with van der Waals surface area (Å²) in [4.78, 5) is 0. The van der Waals surface area contributed by atoms with Crippen molar-refractivity contribution in [3.05, 3.63) is 115 Å². The number of para-hydroxylation sites is 5. The van der Waals surface area contributed by atoms with Gasteiger partial charge in [0.25, 0.3) is 0 Å². The molecule has 4 heteroatoms. The van der Waals surface area contributed by atoms with Crippen LogP contribution in [0.3, 0.4) is 0 Å². The van der Waals surface area contributed by atoms with Crippen molar-refractivity contribution < 1.29 is 4.42 Å². The average Bonchev–Trinajstić information content (AvgIpc) is 3.65. The van der Waals surface area contributed by atoms with Crippen molar-refractivity contribution in [2.24, 2.45) is 0 Å². The van der Waals surface area contributed by atoms with Gasteiger partial charge in [0.05, 0.1) is 55.0 Å². The van der Waals surface area contributed by atoms with Crippen molar-refractivity contribution in [3.63, 3.8) is 0 Å². The van der Waals surface area contributed by atoms with Gasteiger partial charge in [-0.05, 0) is 42.5 Å². The molecule has 4 nitrogen and oxygen atoms in total. The van der Waals surface area contributed by atoms with E-state index in [9.17, 15) is 0 Å².